The zero-order valence-corrected chi connectivity index (χ0v) is 22.2. The van der Waals surface area contributed by atoms with Crippen LogP contribution in [0.25, 0.3) is 0 Å². The topological polar surface area (TPSA) is 56.9 Å². The second-order valence-corrected chi connectivity index (χ2v) is 10.4. The van der Waals surface area contributed by atoms with Gasteiger partial charge in [0.15, 0.2) is 11.4 Å². The van der Waals surface area contributed by atoms with Gasteiger partial charge < -0.3 is 9.47 Å². The summed E-state index contributed by atoms with van der Waals surface area (Å²) in [5.74, 6) is 0. The highest BCUT2D eigenvalue weighted by Gasteiger charge is 2.16. The van der Waals surface area contributed by atoms with Gasteiger partial charge in [0, 0.05) is 66.5 Å². The lowest BCUT2D eigenvalue weighted by molar-refractivity contribution is -0.698. The normalized spacial score (nSPS) is 11.5. The van der Waals surface area contributed by atoms with Gasteiger partial charge in [-0.05, 0) is 19.3 Å². The summed E-state index contributed by atoms with van der Waals surface area (Å²) in [6.07, 6.45) is 9.70. The van der Waals surface area contributed by atoms with E-state index >= 15 is 0 Å². The van der Waals surface area contributed by atoms with E-state index in [0.29, 0.717) is 0 Å². The average Bonchev–Trinajstić information content (AvgIpc) is 3.51. The highest BCUT2D eigenvalue weighted by atomic mass is 32.1. The van der Waals surface area contributed by atoms with Gasteiger partial charge in [-0.25, -0.2) is 0 Å². The molecule has 0 atom stereocenters. The Kier molecular flexibility index (Phi) is 10.9. The smallest absolute Gasteiger partial charge is 0.225 e. The Morgan fingerprint density at radius 3 is 2.03 bits per heavy atom. The summed E-state index contributed by atoms with van der Waals surface area (Å²) < 4.78 is 17.2. The molecular formula is C24H39N5O2S2+2. The predicted octanol–water partition coefficient (Wildman–Crippen LogP) is 3.47. The summed E-state index contributed by atoms with van der Waals surface area (Å²) in [6.45, 7) is 9.06. The van der Waals surface area contributed by atoms with Gasteiger partial charge in [-0.1, -0.05) is 27.9 Å². The number of rotatable bonds is 16. The third kappa shape index (κ3) is 7.95. The SMILES string of the molecule is COCCc1sc[n+](CCCCCn2cc(CCC[n+]3csc(CCOC)c3C)nn2)c1C. The lowest BCUT2D eigenvalue weighted by atomic mass is 10.2. The van der Waals surface area contributed by atoms with Gasteiger partial charge in [0.1, 0.15) is 13.1 Å². The van der Waals surface area contributed by atoms with E-state index in [1.54, 1.807) is 14.2 Å². The van der Waals surface area contributed by atoms with Crippen LogP contribution in [0.4, 0.5) is 0 Å². The largest absolute Gasteiger partial charge is 0.384 e. The fraction of sp³-hybridized carbons (Fsp3) is 0.667. The zero-order chi connectivity index (χ0) is 23.5. The number of nitrogens with zero attached hydrogens (tertiary/aromatic N) is 5. The van der Waals surface area contributed by atoms with E-state index in [9.17, 15) is 0 Å². The molecule has 3 aromatic rings. The molecule has 9 heteroatoms. The first-order chi connectivity index (χ1) is 16.1. The molecule has 0 spiro atoms. The Morgan fingerprint density at radius 1 is 0.818 bits per heavy atom. The second kappa shape index (κ2) is 13.9. The number of aromatic nitrogens is 5. The number of aryl methyl sites for hydroxylation is 4. The first-order valence-corrected chi connectivity index (χ1v) is 13.7. The minimum absolute atomic E-state index is 0.784. The van der Waals surface area contributed by atoms with Crippen LogP contribution < -0.4 is 9.13 Å². The van der Waals surface area contributed by atoms with E-state index < -0.39 is 0 Å². The van der Waals surface area contributed by atoms with Crippen LogP contribution in [0, 0.1) is 13.8 Å². The number of ether oxygens (including phenoxy) is 2. The average molecular weight is 494 g/mol. The summed E-state index contributed by atoms with van der Waals surface area (Å²) in [5.41, 5.74) is 8.33. The maximum atomic E-state index is 5.21. The minimum atomic E-state index is 0.784. The molecule has 0 aromatic carbocycles. The number of methoxy groups -OCH3 is 2. The Balaban J connectivity index is 1.32. The molecule has 0 N–H and O–H groups in total. The molecule has 182 valence electrons. The summed E-state index contributed by atoms with van der Waals surface area (Å²) >= 11 is 3.67. The molecule has 0 radical (unpaired) electrons. The van der Waals surface area contributed by atoms with E-state index in [1.807, 2.05) is 27.4 Å². The van der Waals surface area contributed by atoms with Gasteiger partial charge in [0.05, 0.1) is 28.7 Å². The molecule has 0 aliphatic heterocycles. The minimum Gasteiger partial charge on any atom is -0.384 e. The van der Waals surface area contributed by atoms with Gasteiger partial charge in [-0.3, -0.25) is 4.68 Å². The summed E-state index contributed by atoms with van der Waals surface area (Å²) in [7, 11) is 3.52. The first-order valence-electron chi connectivity index (χ1n) is 11.9. The molecule has 7 nitrogen and oxygen atoms in total. The molecule has 3 aromatic heterocycles. The van der Waals surface area contributed by atoms with Crippen LogP contribution >= 0.6 is 22.7 Å². The molecule has 0 saturated carbocycles. The third-order valence-corrected chi connectivity index (χ3v) is 8.37. The molecule has 0 saturated heterocycles. The van der Waals surface area contributed by atoms with Crippen LogP contribution in [-0.4, -0.2) is 42.4 Å². The molecule has 0 unspecified atom stereocenters. The van der Waals surface area contributed by atoms with Crippen molar-refractivity contribution in [2.45, 2.75) is 78.4 Å². The molecule has 33 heavy (non-hydrogen) atoms. The van der Waals surface area contributed by atoms with E-state index in [4.69, 9.17) is 9.47 Å². The van der Waals surface area contributed by atoms with E-state index in [2.05, 4.69) is 50.5 Å². The van der Waals surface area contributed by atoms with Gasteiger partial charge in [-0.2, -0.15) is 9.13 Å². The van der Waals surface area contributed by atoms with Gasteiger partial charge >= 0.3 is 0 Å². The van der Waals surface area contributed by atoms with Crippen LogP contribution in [0.1, 0.15) is 52.5 Å². The monoisotopic (exact) mass is 493 g/mol. The Labute approximate surface area is 206 Å². The van der Waals surface area contributed by atoms with Crippen molar-refractivity contribution < 1.29 is 18.6 Å². The van der Waals surface area contributed by atoms with Gasteiger partial charge in [0.2, 0.25) is 11.0 Å². The van der Waals surface area contributed by atoms with Crippen molar-refractivity contribution in [3.8, 4) is 0 Å². The molecule has 0 aliphatic rings. The zero-order valence-electron chi connectivity index (χ0n) is 20.6. The Morgan fingerprint density at radius 2 is 1.42 bits per heavy atom. The van der Waals surface area contributed by atoms with Crippen molar-refractivity contribution >= 4 is 22.7 Å². The molecule has 0 fully saturated rings. The number of thiazole rings is 2. The van der Waals surface area contributed by atoms with Gasteiger partial charge in [0.25, 0.3) is 0 Å². The van der Waals surface area contributed by atoms with Crippen LogP contribution in [0.5, 0.6) is 0 Å². The fourth-order valence-corrected chi connectivity index (χ4v) is 5.95. The lowest BCUT2D eigenvalue weighted by Gasteiger charge is -2.00. The highest BCUT2D eigenvalue weighted by Crippen LogP contribution is 2.13. The molecule has 3 rings (SSSR count). The quantitative estimate of drug-likeness (QED) is 0.226. The summed E-state index contributed by atoms with van der Waals surface area (Å²) in [5, 5.41) is 8.71. The third-order valence-electron chi connectivity index (χ3n) is 6.08. The van der Waals surface area contributed by atoms with Crippen LogP contribution in [0.2, 0.25) is 0 Å². The fourth-order valence-electron chi connectivity index (χ4n) is 3.94. The van der Waals surface area contributed by atoms with Crippen molar-refractivity contribution in [2.24, 2.45) is 0 Å². The van der Waals surface area contributed by atoms with Crippen LogP contribution in [-0.2, 0) is 48.4 Å². The molecule has 0 bridgehead atoms. The van der Waals surface area contributed by atoms with Crippen LogP contribution in [0.15, 0.2) is 17.2 Å². The van der Waals surface area contributed by atoms with E-state index in [-0.39, 0.29) is 0 Å². The van der Waals surface area contributed by atoms with E-state index in [0.717, 1.165) is 70.6 Å². The maximum absolute atomic E-state index is 5.21. The van der Waals surface area contributed by atoms with Crippen molar-refractivity contribution in [3.05, 3.63) is 44.1 Å². The molecular weight excluding hydrogens is 454 g/mol. The summed E-state index contributed by atoms with van der Waals surface area (Å²) in [4.78, 5) is 2.85. The molecule has 3 heterocycles. The lowest BCUT2D eigenvalue weighted by Crippen LogP contribution is -2.34. The van der Waals surface area contributed by atoms with Crippen molar-refractivity contribution in [2.75, 3.05) is 27.4 Å². The Bertz CT molecular complexity index is 966. The number of hydrogen-bond acceptors (Lipinski definition) is 6. The Hall–Kier alpha value is -1.68. The van der Waals surface area contributed by atoms with E-state index in [1.165, 1.54) is 34.0 Å². The molecule has 0 amide bonds. The second-order valence-electron chi connectivity index (χ2n) is 8.47. The van der Waals surface area contributed by atoms with Crippen molar-refractivity contribution in [1.82, 2.24) is 15.0 Å². The predicted molar refractivity (Wildman–Crippen MR) is 132 cm³/mol. The number of hydrogen-bond donors (Lipinski definition) is 0. The van der Waals surface area contributed by atoms with Crippen LogP contribution in [0.3, 0.4) is 0 Å². The first kappa shape index (κ1) is 25.9. The van der Waals surface area contributed by atoms with Gasteiger partial charge in [-0.15, -0.1) is 5.10 Å². The highest BCUT2D eigenvalue weighted by molar-refractivity contribution is 7.09. The maximum Gasteiger partial charge on any atom is 0.225 e. The van der Waals surface area contributed by atoms with Crippen molar-refractivity contribution in [3.63, 3.8) is 0 Å². The molecule has 0 aliphatic carbocycles. The summed E-state index contributed by atoms with van der Waals surface area (Å²) in [6, 6.07) is 0. The van der Waals surface area contributed by atoms with Crippen molar-refractivity contribution in [1.29, 1.82) is 0 Å². The number of unbranched alkanes of at least 4 members (excludes halogenated alkanes) is 2. The standard InChI is InChI=1S/C24H39N5O2S2/c1-20-23(10-15-30-3)32-18-27(20)12-6-5-7-14-29-17-22(25-26-29)9-8-13-28-19-33-24(21(28)2)11-16-31-4/h17-19H,5-16H2,1-4H3/q+2.